The van der Waals surface area contributed by atoms with Gasteiger partial charge in [-0.15, -0.1) is 11.3 Å². The number of carboxylic acids is 1. The molecule has 1 aromatic rings. The first-order valence-electron chi connectivity index (χ1n) is 8.00. The molecule has 15 heteroatoms. The normalized spacial score (nSPS) is 20.2. The summed E-state index contributed by atoms with van der Waals surface area (Å²) < 4.78 is 30.8. The summed E-state index contributed by atoms with van der Waals surface area (Å²) in [5.74, 6) is -3.87. The van der Waals surface area contributed by atoms with Crippen molar-refractivity contribution in [3.05, 3.63) is 11.1 Å². The van der Waals surface area contributed by atoms with E-state index in [2.05, 4.69) is 15.5 Å². The Balaban J connectivity index is 2.21. The second-order valence-corrected chi connectivity index (χ2v) is 8.94. The van der Waals surface area contributed by atoms with Crippen LogP contribution in [-0.4, -0.2) is 75.0 Å². The van der Waals surface area contributed by atoms with E-state index in [4.69, 9.17) is 20.2 Å². The van der Waals surface area contributed by atoms with Crippen molar-refractivity contribution in [1.82, 2.24) is 15.2 Å². The van der Waals surface area contributed by atoms with E-state index < -0.39 is 57.2 Å². The third-order valence-electron chi connectivity index (χ3n) is 3.97. The molecule has 2 rings (SSSR count). The van der Waals surface area contributed by atoms with Crippen LogP contribution in [0.4, 0.5) is 5.13 Å². The molecule has 2 heterocycles. The lowest BCUT2D eigenvalue weighted by Crippen LogP contribution is -2.70. The molecule has 5 N–H and O–H groups in total. The minimum Gasteiger partial charge on any atom is -0.478 e. The Morgan fingerprint density at radius 2 is 2.10 bits per heavy atom. The number of nitrogens with one attached hydrogen (secondary N) is 1. The van der Waals surface area contributed by atoms with Crippen molar-refractivity contribution in [2.75, 3.05) is 11.6 Å². The molecule has 160 valence electrons. The van der Waals surface area contributed by atoms with Gasteiger partial charge in [0.1, 0.15) is 17.6 Å². The second kappa shape index (κ2) is 7.92. The number of carbonyl (C=O) groups excluding carboxylic acids is 2. The third kappa shape index (κ3) is 5.18. The van der Waals surface area contributed by atoms with Gasteiger partial charge in [0.2, 0.25) is 11.5 Å². The van der Waals surface area contributed by atoms with E-state index in [1.54, 1.807) is 0 Å². The van der Waals surface area contributed by atoms with Gasteiger partial charge in [-0.05, 0) is 20.8 Å². The maximum absolute atomic E-state index is 12.6. The fraction of sp³-hybridized carbons (Fsp3) is 0.500. The molecule has 13 nitrogen and oxygen atoms in total. The molecule has 1 aliphatic heterocycles. The Morgan fingerprint density at radius 3 is 2.55 bits per heavy atom. The fourth-order valence-electron chi connectivity index (χ4n) is 2.23. The summed E-state index contributed by atoms with van der Waals surface area (Å²) in [7, 11) is -4.42. The number of anilines is 1. The zero-order valence-corrected chi connectivity index (χ0v) is 17.2. The summed E-state index contributed by atoms with van der Waals surface area (Å²) in [5, 5.41) is 16.6. The predicted molar refractivity (Wildman–Crippen MR) is 101 cm³/mol. The van der Waals surface area contributed by atoms with Gasteiger partial charge in [-0.2, -0.15) is 8.42 Å². The van der Waals surface area contributed by atoms with Gasteiger partial charge >= 0.3 is 5.97 Å². The van der Waals surface area contributed by atoms with Crippen molar-refractivity contribution in [2.45, 2.75) is 38.5 Å². The zero-order chi connectivity index (χ0) is 22.1. The number of oxime groups is 1. The second-order valence-electron chi connectivity index (χ2n) is 6.63. The van der Waals surface area contributed by atoms with Crippen molar-refractivity contribution in [3.8, 4) is 0 Å². The molecule has 1 saturated heterocycles. The number of thiazole rings is 1. The maximum atomic E-state index is 12.6. The van der Waals surface area contributed by atoms with Crippen molar-refractivity contribution in [2.24, 2.45) is 5.16 Å². The highest BCUT2D eigenvalue weighted by molar-refractivity contribution is 7.85. The van der Waals surface area contributed by atoms with Crippen LogP contribution in [-0.2, 0) is 29.3 Å². The molecule has 0 spiro atoms. The minimum absolute atomic E-state index is 0.000376. The highest BCUT2D eigenvalue weighted by Crippen LogP contribution is 2.21. The highest BCUT2D eigenvalue weighted by atomic mass is 32.2. The molecule has 0 bridgehead atoms. The molecule has 0 aromatic carbocycles. The summed E-state index contributed by atoms with van der Waals surface area (Å²) in [6.07, 6.45) is 0. The SMILES string of the molecule is CC1C(NC(=O)/C(=N\OC(C)(C)C(=O)O)c2csc(N)n2)C(=O)N1CS(=O)(=O)O. The van der Waals surface area contributed by atoms with Crippen LogP contribution in [0.2, 0.25) is 0 Å². The lowest BCUT2D eigenvalue weighted by molar-refractivity contribution is -0.161. The Labute approximate surface area is 169 Å². The number of β-lactam (4-membered cyclic amide) rings is 1. The monoisotopic (exact) mass is 449 g/mol. The van der Waals surface area contributed by atoms with Crippen LogP contribution in [0.3, 0.4) is 0 Å². The molecule has 0 aliphatic carbocycles. The first kappa shape index (κ1) is 22.5. The molecular formula is C14H19N5O8S2. The number of hydrogen-bond donors (Lipinski definition) is 4. The molecule has 0 radical (unpaired) electrons. The molecule has 0 saturated carbocycles. The largest absolute Gasteiger partial charge is 0.478 e. The van der Waals surface area contributed by atoms with Crippen LogP contribution in [0.5, 0.6) is 0 Å². The number of aromatic nitrogens is 1. The van der Waals surface area contributed by atoms with Gasteiger partial charge in [0.15, 0.2) is 10.8 Å². The fourth-order valence-corrected chi connectivity index (χ4v) is 3.49. The van der Waals surface area contributed by atoms with Crippen molar-refractivity contribution >= 4 is 50.1 Å². The first-order chi connectivity index (χ1) is 13.2. The number of hydrogen-bond acceptors (Lipinski definition) is 10. The number of amides is 2. The highest BCUT2D eigenvalue weighted by Gasteiger charge is 2.47. The Hall–Kier alpha value is -2.78. The summed E-state index contributed by atoms with van der Waals surface area (Å²) in [6.45, 7) is 3.90. The van der Waals surface area contributed by atoms with Gasteiger partial charge in [0, 0.05) is 5.38 Å². The standard InChI is InChI=1S/C14H19N5O8S2/c1-6-8(11(21)19(6)5-29(24,25)26)17-10(20)9(7-4-28-13(15)16-7)18-27-14(2,3)12(22)23/h4,6,8H,5H2,1-3H3,(H2,15,16)(H,17,20)(H,22,23)(H,24,25,26)/b18-9-. The van der Waals surface area contributed by atoms with Crippen LogP contribution in [0.1, 0.15) is 26.5 Å². The van der Waals surface area contributed by atoms with E-state index in [0.717, 1.165) is 16.2 Å². The van der Waals surface area contributed by atoms with Crippen molar-refractivity contribution in [3.63, 3.8) is 0 Å². The number of nitrogens with zero attached hydrogens (tertiary/aromatic N) is 3. The van der Waals surface area contributed by atoms with Crippen LogP contribution in [0, 0.1) is 0 Å². The zero-order valence-electron chi connectivity index (χ0n) is 15.5. The molecule has 2 amide bonds. The number of carbonyl (C=O) groups is 3. The van der Waals surface area contributed by atoms with Crippen LogP contribution in [0.15, 0.2) is 10.5 Å². The molecular weight excluding hydrogens is 430 g/mol. The summed E-state index contributed by atoms with van der Waals surface area (Å²) in [6, 6.07) is -1.82. The molecule has 2 unspecified atom stereocenters. The minimum atomic E-state index is -4.42. The van der Waals surface area contributed by atoms with Crippen LogP contribution in [0.25, 0.3) is 0 Å². The van der Waals surface area contributed by atoms with Gasteiger partial charge in [0.25, 0.3) is 16.0 Å². The van der Waals surface area contributed by atoms with Gasteiger partial charge in [-0.1, -0.05) is 5.16 Å². The van der Waals surface area contributed by atoms with E-state index in [1.165, 1.54) is 26.2 Å². The van der Waals surface area contributed by atoms with Gasteiger partial charge in [0.05, 0.1) is 6.04 Å². The van der Waals surface area contributed by atoms with E-state index >= 15 is 0 Å². The number of aliphatic carboxylic acids is 1. The first-order valence-corrected chi connectivity index (χ1v) is 10.5. The molecule has 29 heavy (non-hydrogen) atoms. The Bertz CT molecular complexity index is 970. The van der Waals surface area contributed by atoms with E-state index in [-0.39, 0.29) is 10.8 Å². The number of nitrogen functional groups attached to an aromatic ring is 1. The number of likely N-dealkylation sites (tertiary alicyclic amines) is 1. The van der Waals surface area contributed by atoms with Gasteiger partial charge in [-0.3, -0.25) is 14.1 Å². The van der Waals surface area contributed by atoms with Crippen molar-refractivity contribution in [1.29, 1.82) is 0 Å². The number of rotatable bonds is 8. The molecule has 1 aromatic heterocycles. The molecule has 1 fully saturated rings. The summed E-state index contributed by atoms with van der Waals surface area (Å²) in [5.41, 5.74) is 3.38. The van der Waals surface area contributed by atoms with E-state index in [9.17, 15) is 22.8 Å². The quantitative estimate of drug-likeness (QED) is 0.163. The van der Waals surface area contributed by atoms with Crippen LogP contribution >= 0.6 is 11.3 Å². The van der Waals surface area contributed by atoms with E-state index in [0.29, 0.717) is 0 Å². The van der Waals surface area contributed by atoms with E-state index in [1.807, 2.05) is 0 Å². The van der Waals surface area contributed by atoms with Gasteiger partial charge in [-0.25, -0.2) is 9.78 Å². The maximum Gasteiger partial charge on any atom is 0.350 e. The van der Waals surface area contributed by atoms with Crippen LogP contribution < -0.4 is 11.1 Å². The summed E-state index contributed by atoms with van der Waals surface area (Å²) in [4.78, 5) is 45.6. The number of nitrogens with two attached hydrogens (primary N) is 1. The lowest BCUT2D eigenvalue weighted by Gasteiger charge is -2.44. The number of carboxylic acid groups (broad SMARTS) is 1. The smallest absolute Gasteiger partial charge is 0.350 e. The lowest BCUT2D eigenvalue weighted by atomic mass is 9.97. The third-order valence-corrected chi connectivity index (χ3v) is 5.25. The average Bonchev–Trinajstić information content (AvgIpc) is 3.02. The Kier molecular flexibility index (Phi) is 6.15. The Morgan fingerprint density at radius 1 is 1.48 bits per heavy atom. The van der Waals surface area contributed by atoms with Crippen molar-refractivity contribution < 1.29 is 37.3 Å². The molecule has 2 atom stereocenters. The summed E-state index contributed by atoms with van der Waals surface area (Å²) >= 11 is 1.00. The molecule has 1 aliphatic rings. The predicted octanol–water partition coefficient (Wildman–Crippen LogP) is -1.13. The topological polar surface area (TPSA) is 202 Å². The van der Waals surface area contributed by atoms with Gasteiger partial charge < -0.3 is 25.9 Å². The average molecular weight is 449 g/mol.